The molecule has 0 aliphatic heterocycles. The van der Waals surface area contributed by atoms with Crippen molar-refractivity contribution in [3.63, 3.8) is 0 Å². The van der Waals surface area contributed by atoms with Crippen LogP contribution in [0.2, 0.25) is 0 Å². The minimum Gasteiger partial charge on any atom is -0.352 e. The summed E-state index contributed by atoms with van der Waals surface area (Å²) in [6.07, 6.45) is 3.19. The van der Waals surface area contributed by atoms with Crippen LogP contribution in [0, 0.1) is 0 Å². The second-order valence-corrected chi connectivity index (χ2v) is 3.24. The summed E-state index contributed by atoms with van der Waals surface area (Å²) in [4.78, 5) is 7.39. The summed E-state index contributed by atoms with van der Waals surface area (Å²) in [6, 6.07) is 10.1. The molecule has 0 atom stereocenters. The van der Waals surface area contributed by atoms with Gasteiger partial charge in [-0.15, -0.1) is 5.10 Å². The van der Waals surface area contributed by atoms with Gasteiger partial charge >= 0.3 is 0 Å². The SMILES string of the molecule is c1ccc2[nH]c(-c3nccnn3)cc2c1. The Morgan fingerprint density at radius 1 is 1.07 bits per heavy atom. The van der Waals surface area contributed by atoms with Crippen molar-refractivity contribution in [3.8, 4) is 11.5 Å². The molecule has 0 bridgehead atoms. The highest BCUT2D eigenvalue weighted by molar-refractivity contribution is 5.84. The molecule has 0 spiro atoms. The van der Waals surface area contributed by atoms with Crippen molar-refractivity contribution in [2.24, 2.45) is 0 Å². The van der Waals surface area contributed by atoms with Gasteiger partial charge in [-0.3, -0.25) is 0 Å². The second kappa shape index (κ2) is 3.16. The van der Waals surface area contributed by atoms with E-state index in [1.807, 2.05) is 30.3 Å². The van der Waals surface area contributed by atoms with Crippen LogP contribution < -0.4 is 0 Å². The number of aromatic amines is 1. The molecule has 0 aliphatic rings. The maximum Gasteiger partial charge on any atom is 0.198 e. The van der Waals surface area contributed by atoms with Gasteiger partial charge in [0.1, 0.15) is 0 Å². The van der Waals surface area contributed by atoms with Crippen molar-refractivity contribution < 1.29 is 0 Å². The quantitative estimate of drug-likeness (QED) is 0.647. The van der Waals surface area contributed by atoms with E-state index in [0.29, 0.717) is 5.82 Å². The molecular formula is C11H8N4. The van der Waals surface area contributed by atoms with E-state index in [9.17, 15) is 0 Å². The first-order valence-electron chi connectivity index (χ1n) is 4.65. The van der Waals surface area contributed by atoms with Gasteiger partial charge in [0.05, 0.1) is 11.9 Å². The van der Waals surface area contributed by atoms with Gasteiger partial charge in [0.25, 0.3) is 0 Å². The zero-order valence-electron chi connectivity index (χ0n) is 7.88. The highest BCUT2D eigenvalue weighted by Crippen LogP contribution is 2.20. The predicted octanol–water partition coefficient (Wildman–Crippen LogP) is 2.02. The van der Waals surface area contributed by atoms with Gasteiger partial charge in [-0.05, 0) is 12.1 Å². The molecule has 15 heavy (non-hydrogen) atoms. The smallest absolute Gasteiger partial charge is 0.198 e. The zero-order chi connectivity index (χ0) is 10.1. The fourth-order valence-electron chi connectivity index (χ4n) is 1.56. The first-order valence-corrected chi connectivity index (χ1v) is 4.65. The molecule has 2 aromatic heterocycles. The molecule has 4 nitrogen and oxygen atoms in total. The van der Waals surface area contributed by atoms with Crippen molar-refractivity contribution in [2.45, 2.75) is 0 Å². The number of nitrogens with one attached hydrogen (secondary N) is 1. The largest absolute Gasteiger partial charge is 0.352 e. The molecule has 3 rings (SSSR count). The number of aromatic nitrogens is 4. The summed E-state index contributed by atoms with van der Waals surface area (Å²) in [7, 11) is 0. The Kier molecular flexibility index (Phi) is 1.71. The van der Waals surface area contributed by atoms with Gasteiger partial charge in [-0.1, -0.05) is 18.2 Å². The Balaban J connectivity index is 2.21. The lowest BCUT2D eigenvalue weighted by atomic mass is 10.2. The van der Waals surface area contributed by atoms with E-state index in [1.165, 1.54) is 0 Å². The van der Waals surface area contributed by atoms with E-state index >= 15 is 0 Å². The molecular weight excluding hydrogens is 188 g/mol. The highest BCUT2D eigenvalue weighted by atomic mass is 15.1. The Morgan fingerprint density at radius 2 is 2.00 bits per heavy atom. The van der Waals surface area contributed by atoms with E-state index in [2.05, 4.69) is 20.2 Å². The van der Waals surface area contributed by atoms with E-state index in [4.69, 9.17) is 0 Å². The van der Waals surface area contributed by atoms with Crippen LogP contribution >= 0.6 is 0 Å². The Hall–Kier alpha value is -2.23. The van der Waals surface area contributed by atoms with Gasteiger partial charge in [0.2, 0.25) is 0 Å². The normalized spacial score (nSPS) is 10.7. The fourth-order valence-corrected chi connectivity index (χ4v) is 1.56. The number of hydrogen-bond acceptors (Lipinski definition) is 3. The van der Waals surface area contributed by atoms with E-state index in [-0.39, 0.29) is 0 Å². The number of nitrogens with zero attached hydrogens (tertiary/aromatic N) is 3. The van der Waals surface area contributed by atoms with Crippen molar-refractivity contribution in [2.75, 3.05) is 0 Å². The summed E-state index contributed by atoms with van der Waals surface area (Å²) in [6.45, 7) is 0. The first-order chi connectivity index (χ1) is 7.43. The zero-order valence-corrected chi connectivity index (χ0v) is 7.88. The summed E-state index contributed by atoms with van der Waals surface area (Å²) in [5.74, 6) is 0.619. The van der Waals surface area contributed by atoms with Crippen molar-refractivity contribution >= 4 is 10.9 Å². The third-order valence-corrected chi connectivity index (χ3v) is 2.25. The van der Waals surface area contributed by atoms with Crippen LogP contribution in [0.4, 0.5) is 0 Å². The predicted molar refractivity (Wildman–Crippen MR) is 57.1 cm³/mol. The van der Waals surface area contributed by atoms with Crippen LogP contribution in [0.1, 0.15) is 0 Å². The van der Waals surface area contributed by atoms with Crippen LogP contribution in [-0.2, 0) is 0 Å². The van der Waals surface area contributed by atoms with Crippen LogP contribution in [-0.4, -0.2) is 20.2 Å². The van der Waals surface area contributed by atoms with Crippen LogP contribution in [0.25, 0.3) is 22.4 Å². The number of para-hydroxylation sites is 1. The van der Waals surface area contributed by atoms with Crippen LogP contribution in [0.3, 0.4) is 0 Å². The third kappa shape index (κ3) is 1.36. The average Bonchev–Trinajstić information content (AvgIpc) is 2.74. The van der Waals surface area contributed by atoms with Gasteiger partial charge in [-0.2, -0.15) is 5.10 Å². The lowest BCUT2D eigenvalue weighted by molar-refractivity contribution is 0.974. The van der Waals surface area contributed by atoms with Gasteiger partial charge in [-0.25, -0.2) is 4.98 Å². The summed E-state index contributed by atoms with van der Waals surface area (Å²) in [5.41, 5.74) is 1.98. The number of rotatable bonds is 1. The maximum atomic E-state index is 4.14. The molecule has 0 radical (unpaired) electrons. The maximum absolute atomic E-state index is 4.14. The monoisotopic (exact) mass is 196 g/mol. The summed E-state index contributed by atoms with van der Waals surface area (Å²) < 4.78 is 0. The number of hydrogen-bond donors (Lipinski definition) is 1. The lowest BCUT2D eigenvalue weighted by Gasteiger charge is -1.91. The molecule has 0 saturated carbocycles. The molecule has 4 heteroatoms. The first kappa shape index (κ1) is 8.11. The second-order valence-electron chi connectivity index (χ2n) is 3.24. The van der Waals surface area contributed by atoms with E-state index in [1.54, 1.807) is 12.4 Å². The van der Waals surface area contributed by atoms with Crippen molar-refractivity contribution in [3.05, 3.63) is 42.7 Å². The topological polar surface area (TPSA) is 54.5 Å². The molecule has 2 heterocycles. The number of H-pyrrole nitrogens is 1. The summed E-state index contributed by atoms with van der Waals surface area (Å²) in [5, 5.41) is 8.90. The highest BCUT2D eigenvalue weighted by Gasteiger charge is 2.04. The number of fused-ring (bicyclic) bond motifs is 1. The Labute approximate surface area is 86.0 Å². The minimum absolute atomic E-state index is 0.619. The van der Waals surface area contributed by atoms with Gasteiger partial charge < -0.3 is 4.98 Å². The van der Waals surface area contributed by atoms with Crippen LogP contribution in [0.15, 0.2) is 42.7 Å². The molecule has 72 valence electrons. The molecule has 0 unspecified atom stereocenters. The Morgan fingerprint density at radius 3 is 2.80 bits per heavy atom. The fraction of sp³-hybridized carbons (Fsp3) is 0. The van der Waals surface area contributed by atoms with Crippen LogP contribution in [0.5, 0.6) is 0 Å². The third-order valence-electron chi connectivity index (χ3n) is 2.25. The summed E-state index contributed by atoms with van der Waals surface area (Å²) >= 11 is 0. The lowest BCUT2D eigenvalue weighted by Crippen LogP contribution is -1.89. The average molecular weight is 196 g/mol. The number of benzene rings is 1. The van der Waals surface area contributed by atoms with Gasteiger partial charge in [0.15, 0.2) is 5.82 Å². The molecule has 0 fully saturated rings. The minimum atomic E-state index is 0.619. The molecule has 0 amide bonds. The van der Waals surface area contributed by atoms with E-state index in [0.717, 1.165) is 16.6 Å². The van der Waals surface area contributed by atoms with Crippen molar-refractivity contribution in [1.29, 1.82) is 0 Å². The Bertz CT molecular complexity index is 553. The molecule has 3 aromatic rings. The molecule has 1 aromatic carbocycles. The standard InChI is InChI=1S/C11H8N4/c1-2-4-9-8(3-1)7-10(14-9)11-12-5-6-13-15-11/h1-7,14H. The van der Waals surface area contributed by atoms with Crippen molar-refractivity contribution in [1.82, 2.24) is 20.2 Å². The molecule has 0 aliphatic carbocycles. The molecule has 1 N–H and O–H groups in total. The van der Waals surface area contributed by atoms with Gasteiger partial charge in [0, 0.05) is 17.1 Å². The molecule has 0 saturated heterocycles. The van der Waals surface area contributed by atoms with E-state index < -0.39 is 0 Å².